The lowest BCUT2D eigenvalue weighted by Crippen LogP contribution is -2.54. The molecule has 1 rings (SSSR count). The summed E-state index contributed by atoms with van der Waals surface area (Å²) in [5.41, 5.74) is -0.949. The van der Waals surface area contributed by atoms with Gasteiger partial charge in [-0.3, -0.25) is 4.79 Å². The SMILES string of the molecule is COC(=O)/C=C/C(=O)OCC(C)(C)[C@@H](O)C(=O)N1CCN(C)CC1. The monoisotopic (exact) mass is 342 g/mol. The number of hydrogen-bond acceptors (Lipinski definition) is 7. The number of hydrogen-bond donors (Lipinski definition) is 1. The summed E-state index contributed by atoms with van der Waals surface area (Å²) in [5.74, 6) is -1.78. The van der Waals surface area contributed by atoms with Crippen LogP contribution in [0.15, 0.2) is 12.2 Å². The van der Waals surface area contributed by atoms with Crippen LogP contribution in [0.4, 0.5) is 0 Å². The predicted octanol–water partition coefficient (Wildman–Crippen LogP) is -0.580. The summed E-state index contributed by atoms with van der Waals surface area (Å²) >= 11 is 0. The molecule has 1 heterocycles. The number of amides is 1. The minimum absolute atomic E-state index is 0.155. The average Bonchev–Trinajstić information content (AvgIpc) is 2.57. The number of ether oxygens (including phenoxy) is 2. The minimum atomic E-state index is -1.28. The number of carbonyl (C=O) groups is 3. The van der Waals surface area contributed by atoms with E-state index in [4.69, 9.17) is 4.74 Å². The van der Waals surface area contributed by atoms with Crippen LogP contribution in [-0.4, -0.2) is 85.8 Å². The molecular formula is C16H26N2O6. The van der Waals surface area contributed by atoms with Gasteiger partial charge in [0.25, 0.3) is 5.91 Å². The van der Waals surface area contributed by atoms with Crippen LogP contribution >= 0.6 is 0 Å². The number of aliphatic hydroxyl groups is 1. The second-order valence-corrected chi connectivity index (χ2v) is 6.48. The summed E-state index contributed by atoms with van der Waals surface area (Å²) < 4.78 is 9.37. The van der Waals surface area contributed by atoms with E-state index in [2.05, 4.69) is 9.64 Å². The highest BCUT2D eigenvalue weighted by molar-refractivity contribution is 5.91. The van der Waals surface area contributed by atoms with Gasteiger partial charge in [-0.15, -0.1) is 0 Å². The van der Waals surface area contributed by atoms with Gasteiger partial charge in [0, 0.05) is 43.7 Å². The molecule has 0 aliphatic carbocycles. The normalized spacial score (nSPS) is 17.6. The second kappa shape index (κ2) is 8.79. The minimum Gasteiger partial charge on any atom is -0.466 e. The van der Waals surface area contributed by atoms with E-state index in [1.54, 1.807) is 18.7 Å². The molecule has 1 aliphatic rings. The molecule has 1 amide bonds. The van der Waals surface area contributed by atoms with E-state index >= 15 is 0 Å². The number of esters is 2. The number of carbonyl (C=O) groups excluding carboxylic acids is 3. The number of methoxy groups -OCH3 is 1. The lowest BCUT2D eigenvalue weighted by atomic mass is 9.86. The lowest BCUT2D eigenvalue weighted by Gasteiger charge is -2.37. The Labute approximate surface area is 142 Å². The zero-order chi connectivity index (χ0) is 18.3. The van der Waals surface area contributed by atoms with Crippen molar-refractivity contribution < 1.29 is 29.0 Å². The Morgan fingerprint density at radius 1 is 1.12 bits per heavy atom. The molecule has 8 heteroatoms. The third kappa shape index (κ3) is 5.93. The fraction of sp³-hybridized carbons (Fsp3) is 0.688. The van der Waals surface area contributed by atoms with Crippen molar-refractivity contribution in [2.45, 2.75) is 20.0 Å². The molecule has 1 saturated heterocycles. The van der Waals surface area contributed by atoms with Gasteiger partial charge in [-0.25, -0.2) is 9.59 Å². The highest BCUT2D eigenvalue weighted by atomic mass is 16.5. The molecule has 0 aromatic heterocycles. The van der Waals surface area contributed by atoms with Crippen LogP contribution in [0.3, 0.4) is 0 Å². The first-order valence-corrected chi connectivity index (χ1v) is 7.75. The number of likely N-dealkylation sites (N-methyl/N-ethyl adjacent to an activating group) is 1. The first kappa shape index (κ1) is 20.1. The van der Waals surface area contributed by atoms with Gasteiger partial charge in [-0.05, 0) is 7.05 Å². The van der Waals surface area contributed by atoms with Crippen LogP contribution in [0.5, 0.6) is 0 Å². The molecule has 0 bridgehead atoms. The molecule has 8 nitrogen and oxygen atoms in total. The van der Waals surface area contributed by atoms with Crippen molar-refractivity contribution in [3.63, 3.8) is 0 Å². The van der Waals surface area contributed by atoms with E-state index in [9.17, 15) is 19.5 Å². The predicted molar refractivity (Wildman–Crippen MR) is 86.0 cm³/mol. The lowest BCUT2D eigenvalue weighted by molar-refractivity contribution is -0.155. The van der Waals surface area contributed by atoms with E-state index in [1.807, 2.05) is 7.05 Å². The molecule has 136 valence electrons. The van der Waals surface area contributed by atoms with Gasteiger partial charge in [0.2, 0.25) is 0 Å². The van der Waals surface area contributed by atoms with Gasteiger partial charge in [-0.1, -0.05) is 13.8 Å². The van der Waals surface area contributed by atoms with E-state index in [0.717, 1.165) is 25.2 Å². The van der Waals surface area contributed by atoms with E-state index in [1.165, 1.54) is 7.11 Å². The largest absolute Gasteiger partial charge is 0.466 e. The summed E-state index contributed by atoms with van der Waals surface area (Å²) in [6.07, 6.45) is 0.607. The zero-order valence-electron chi connectivity index (χ0n) is 14.7. The van der Waals surface area contributed by atoms with Gasteiger partial charge >= 0.3 is 11.9 Å². The summed E-state index contributed by atoms with van der Waals surface area (Å²) in [5, 5.41) is 10.3. The Hall–Kier alpha value is -1.93. The first-order chi connectivity index (χ1) is 11.2. The molecule has 1 N–H and O–H groups in total. The van der Waals surface area contributed by atoms with Crippen LogP contribution in [0.2, 0.25) is 0 Å². The fourth-order valence-corrected chi connectivity index (χ4v) is 2.12. The molecule has 0 aromatic carbocycles. The molecule has 0 radical (unpaired) electrons. The smallest absolute Gasteiger partial charge is 0.331 e. The Kier molecular flexibility index (Phi) is 7.37. The van der Waals surface area contributed by atoms with E-state index in [-0.39, 0.29) is 12.5 Å². The molecule has 24 heavy (non-hydrogen) atoms. The standard InChI is InChI=1S/C16H26N2O6/c1-16(2,11-24-13(20)6-5-12(19)23-4)14(21)15(22)18-9-7-17(3)8-10-18/h5-6,14,21H,7-11H2,1-4H3/b6-5+/t14-/m0/s1. The van der Waals surface area contributed by atoms with Gasteiger partial charge < -0.3 is 24.4 Å². The van der Waals surface area contributed by atoms with Crippen LogP contribution in [0, 0.1) is 5.41 Å². The van der Waals surface area contributed by atoms with Crippen molar-refractivity contribution in [2.75, 3.05) is 46.9 Å². The summed E-state index contributed by atoms with van der Waals surface area (Å²) in [4.78, 5) is 38.6. The van der Waals surface area contributed by atoms with Crippen LogP contribution in [0.1, 0.15) is 13.8 Å². The Bertz CT molecular complexity index is 495. The molecular weight excluding hydrogens is 316 g/mol. The Morgan fingerprint density at radius 3 is 2.21 bits per heavy atom. The van der Waals surface area contributed by atoms with Crippen molar-refractivity contribution in [1.29, 1.82) is 0 Å². The van der Waals surface area contributed by atoms with Crippen molar-refractivity contribution in [2.24, 2.45) is 5.41 Å². The molecule has 1 aliphatic heterocycles. The summed E-state index contributed by atoms with van der Waals surface area (Å²) in [7, 11) is 3.17. The zero-order valence-corrected chi connectivity index (χ0v) is 14.7. The molecule has 1 fully saturated rings. The van der Waals surface area contributed by atoms with Crippen LogP contribution in [-0.2, 0) is 23.9 Å². The second-order valence-electron chi connectivity index (χ2n) is 6.48. The first-order valence-electron chi connectivity index (χ1n) is 7.75. The van der Waals surface area contributed by atoms with E-state index in [0.29, 0.717) is 13.1 Å². The van der Waals surface area contributed by atoms with Gasteiger partial charge in [0.05, 0.1) is 13.7 Å². The number of nitrogens with zero attached hydrogens (tertiary/aromatic N) is 2. The Morgan fingerprint density at radius 2 is 1.67 bits per heavy atom. The third-order valence-electron chi connectivity index (χ3n) is 3.93. The van der Waals surface area contributed by atoms with Gasteiger partial charge in [0.15, 0.2) is 0 Å². The molecule has 0 aromatic rings. The van der Waals surface area contributed by atoms with Gasteiger partial charge in [0.1, 0.15) is 6.10 Å². The van der Waals surface area contributed by atoms with Crippen LogP contribution < -0.4 is 0 Å². The summed E-state index contributed by atoms with van der Waals surface area (Å²) in [6.45, 7) is 5.76. The highest BCUT2D eigenvalue weighted by Gasteiger charge is 2.37. The third-order valence-corrected chi connectivity index (χ3v) is 3.93. The molecule has 1 atom stereocenters. The molecule has 0 unspecified atom stereocenters. The number of rotatable bonds is 6. The van der Waals surface area contributed by atoms with Crippen LogP contribution in [0.25, 0.3) is 0 Å². The van der Waals surface area contributed by atoms with Crippen molar-refractivity contribution in [1.82, 2.24) is 9.80 Å². The van der Waals surface area contributed by atoms with E-state index < -0.39 is 23.5 Å². The molecule has 0 saturated carbocycles. The van der Waals surface area contributed by atoms with Crippen molar-refractivity contribution in [3.8, 4) is 0 Å². The summed E-state index contributed by atoms with van der Waals surface area (Å²) in [6, 6.07) is 0. The maximum Gasteiger partial charge on any atom is 0.331 e. The maximum absolute atomic E-state index is 12.4. The molecule has 0 spiro atoms. The average molecular weight is 342 g/mol. The maximum atomic E-state index is 12.4. The highest BCUT2D eigenvalue weighted by Crippen LogP contribution is 2.23. The quantitative estimate of drug-likeness (QED) is 0.509. The van der Waals surface area contributed by atoms with Crippen molar-refractivity contribution >= 4 is 17.8 Å². The number of aliphatic hydroxyl groups excluding tert-OH is 1. The van der Waals surface area contributed by atoms with Crippen molar-refractivity contribution in [3.05, 3.63) is 12.2 Å². The van der Waals surface area contributed by atoms with Gasteiger partial charge in [-0.2, -0.15) is 0 Å². The topological polar surface area (TPSA) is 96.4 Å². The Balaban J connectivity index is 2.53. The number of piperazine rings is 1. The fourth-order valence-electron chi connectivity index (χ4n) is 2.12.